The minimum atomic E-state index is -0.924. The molecule has 0 aliphatic rings. The molecule has 40 heavy (non-hydrogen) atoms. The van der Waals surface area contributed by atoms with Crippen molar-refractivity contribution in [2.24, 2.45) is 0 Å². The summed E-state index contributed by atoms with van der Waals surface area (Å²) in [5.74, 6) is -2.77. The third-order valence-corrected chi connectivity index (χ3v) is 6.12. The summed E-state index contributed by atoms with van der Waals surface area (Å²) in [5, 5.41) is 30.2. The standard InChI is InChI=1S/3C11H20O2.Co/c3*1-2-3-4-5-6-7-8-9-10-11(12)13;/h3*2H,1,3-10H2,(H,12,13);/q;;;+3/p-3. The fourth-order valence-corrected chi connectivity index (χ4v) is 3.80. The molecule has 7 heteroatoms. The fourth-order valence-electron chi connectivity index (χ4n) is 3.80. The first-order valence-corrected chi connectivity index (χ1v) is 15.2. The van der Waals surface area contributed by atoms with Gasteiger partial charge in [0.15, 0.2) is 0 Å². The number of carbonyl (C=O) groups is 3. The summed E-state index contributed by atoms with van der Waals surface area (Å²) in [6, 6.07) is 0. The van der Waals surface area contributed by atoms with Crippen LogP contribution in [-0.4, -0.2) is 17.9 Å². The van der Waals surface area contributed by atoms with Crippen molar-refractivity contribution in [1.29, 1.82) is 0 Å². The van der Waals surface area contributed by atoms with Crippen molar-refractivity contribution in [3.05, 3.63) is 38.0 Å². The molecule has 0 amide bonds. The normalized spacial score (nSPS) is 9.60. The van der Waals surface area contributed by atoms with E-state index in [-0.39, 0.29) is 36.0 Å². The Hall–Kier alpha value is -1.86. The molecule has 0 rings (SSSR count). The minimum absolute atomic E-state index is 0. The molecule has 0 radical (unpaired) electrons. The van der Waals surface area contributed by atoms with Crippen molar-refractivity contribution in [3.63, 3.8) is 0 Å². The van der Waals surface area contributed by atoms with Crippen LogP contribution in [0, 0.1) is 0 Å². The first-order chi connectivity index (χ1) is 18.8. The van der Waals surface area contributed by atoms with Gasteiger partial charge in [-0.05, 0) is 77.0 Å². The number of hydrogen-bond acceptors (Lipinski definition) is 6. The molecule has 0 aromatic rings. The summed E-state index contributed by atoms with van der Waals surface area (Å²) in [6.07, 6.45) is 29.5. The molecule has 0 atom stereocenters. The zero-order valence-corrected chi connectivity index (χ0v) is 26.1. The number of hydrogen-bond donors (Lipinski definition) is 0. The fraction of sp³-hybridized carbons (Fsp3) is 0.727. The van der Waals surface area contributed by atoms with Gasteiger partial charge in [-0.15, -0.1) is 19.7 Å². The van der Waals surface area contributed by atoms with Gasteiger partial charge in [0.1, 0.15) is 0 Å². The van der Waals surface area contributed by atoms with Crippen molar-refractivity contribution in [1.82, 2.24) is 0 Å². The first-order valence-electron chi connectivity index (χ1n) is 15.2. The number of carbonyl (C=O) groups excluding carboxylic acids is 3. The van der Waals surface area contributed by atoms with Crippen molar-refractivity contribution < 1.29 is 46.5 Å². The Kier molecular flexibility index (Phi) is 47.0. The molecule has 0 unspecified atom stereocenters. The number of unbranched alkanes of at least 4 members (excludes halogenated alkanes) is 18. The van der Waals surface area contributed by atoms with Crippen LogP contribution < -0.4 is 15.3 Å². The third kappa shape index (κ3) is 56.4. The number of allylic oxidation sites excluding steroid dienone is 3. The topological polar surface area (TPSA) is 120 Å². The van der Waals surface area contributed by atoms with Crippen LogP contribution >= 0.6 is 0 Å². The second-order valence-corrected chi connectivity index (χ2v) is 9.96. The van der Waals surface area contributed by atoms with Crippen LogP contribution in [0.1, 0.15) is 154 Å². The van der Waals surface area contributed by atoms with Gasteiger partial charge in [-0.3, -0.25) is 0 Å². The van der Waals surface area contributed by atoms with Crippen LogP contribution in [0.4, 0.5) is 0 Å². The monoisotopic (exact) mass is 608 g/mol. The van der Waals surface area contributed by atoms with E-state index in [0.717, 1.165) is 77.0 Å². The molecular formula is C33H57CoO6. The number of carboxylic acid groups (broad SMARTS) is 3. The summed E-state index contributed by atoms with van der Waals surface area (Å²) in [4.78, 5) is 30.2. The van der Waals surface area contributed by atoms with E-state index in [0.29, 0.717) is 0 Å². The molecular weight excluding hydrogens is 551 g/mol. The minimum Gasteiger partial charge on any atom is -0.550 e. The quantitative estimate of drug-likeness (QED) is 0.0818. The summed E-state index contributed by atoms with van der Waals surface area (Å²) in [7, 11) is 0. The van der Waals surface area contributed by atoms with E-state index in [1.165, 1.54) is 57.8 Å². The van der Waals surface area contributed by atoms with Crippen LogP contribution in [0.5, 0.6) is 0 Å². The largest absolute Gasteiger partial charge is 3.00 e. The van der Waals surface area contributed by atoms with Gasteiger partial charge in [-0.25, -0.2) is 0 Å². The Labute approximate surface area is 256 Å². The van der Waals surface area contributed by atoms with Gasteiger partial charge in [-0.1, -0.05) is 95.3 Å². The van der Waals surface area contributed by atoms with E-state index in [1.54, 1.807) is 0 Å². The third-order valence-electron chi connectivity index (χ3n) is 6.12. The van der Waals surface area contributed by atoms with Crippen LogP contribution in [0.15, 0.2) is 38.0 Å². The van der Waals surface area contributed by atoms with E-state index in [9.17, 15) is 29.7 Å². The average molecular weight is 609 g/mol. The maximum atomic E-state index is 10.1. The number of carboxylic acids is 3. The maximum Gasteiger partial charge on any atom is 3.00 e. The molecule has 234 valence electrons. The van der Waals surface area contributed by atoms with E-state index in [4.69, 9.17) is 0 Å². The van der Waals surface area contributed by atoms with Crippen LogP contribution in [0.25, 0.3) is 0 Å². The van der Waals surface area contributed by atoms with E-state index in [2.05, 4.69) is 19.7 Å². The molecule has 0 heterocycles. The Morgan fingerprint density at radius 3 is 0.725 bits per heavy atom. The van der Waals surface area contributed by atoms with Gasteiger partial charge in [0.2, 0.25) is 0 Å². The van der Waals surface area contributed by atoms with Crippen LogP contribution in [0.2, 0.25) is 0 Å². The molecule has 0 aliphatic carbocycles. The summed E-state index contributed by atoms with van der Waals surface area (Å²) >= 11 is 0. The van der Waals surface area contributed by atoms with Crippen molar-refractivity contribution >= 4 is 17.9 Å². The van der Waals surface area contributed by atoms with E-state index in [1.807, 2.05) is 18.2 Å². The Bertz CT molecular complexity index is 511. The Morgan fingerprint density at radius 2 is 0.550 bits per heavy atom. The van der Waals surface area contributed by atoms with E-state index < -0.39 is 17.9 Å². The Morgan fingerprint density at radius 1 is 0.375 bits per heavy atom. The average Bonchev–Trinajstić information content (AvgIpc) is 2.89. The number of aliphatic carboxylic acids is 3. The van der Waals surface area contributed by atoms with Crippen LogP contribution in [-0.2, 0) is 31.2 Å². The van der Waals surface area contributed by atoms with Crippen molar-refractivity contribution in [2.45, 2.75) is 154 Å². The van der Waals surface area contributed by atoms with Gasteiger partial charge in [0.05, 0.1) is 0 Å². The maximum absolute atomic E-state index is 10.1. The molecule has 6 nitrogen and oxygen atoms in total. The summed E-state index contributed by atoms with van der Waals surface area (Å²) < 4.78 is 0. The van der Waals surface area contributed by atoms with Gasteiger partial charge in [-0.2, -0.15) is 0 Å². The van der Waals surface area contributed by atoms with Crippen molar-refractivity contribution in [2.75, 3.05) is 0 Å². The van der Waals surface area contributed by atoms with Crippen LogP contribution in [0.3, 0.4) is 0 Å². The zero-order valence-electron chi connectivity index (χ0n) is 25.1. The molecule has 0 saturated carbocycles. The zero-order chi connectivity index (χ0) is 29.8. The second-order valence-electron chi connectivity index (χ2n) is 9.96. The molecule has 0 N–H and O–H groups in total. The summed E-state index contributed by atoms with van der Waals surface area (Å²) in [5.41, 5.74) is 0. The molecule has 0 bridgehead atoms. The second kappa shape index (κ2) is 41.6. The molecule has 0 fully saturated rings. The molecule has 0 aromatic carbocycles. The summed E-state index contributed by atoms with van der Waals surface area (Å²) in [6.45, 7) is 11.0. The predicted molar refractivity (Wildman–Crippen MR) is 156 cm³/mol. The Balaban J connectivity index is -0.000000240. The van der Waals surface area contributed by atoms with Gasteiger partial charge >= 0.3 is 16.8 Å². The molecule has 0 spiro atoms. The first kappa shape index (κ1) is 45.1. The van der Waals surface area contributed by atoms with Crippen molar-refractivity contribution in [3.8, 4) is 0 Å². The number of rotatable bonds is 27. The van der Waals surface area contributed by atoms with Gasteiger partial charge < -0.3 is 29.7 Å². The molecule has 0 aromatic heterocycles. The van der Waals surface area contributed by atoms with Gasteiger partial charge in [0.25, 0.3) is 0 Å². The molecule has 0 aliphatic heterocycles. The van der Waals surface area contributed by atoms with E-state index >= 15 is 0 Å². The predicted octanol–water partition coefficient (Wildman–Crippen LogP) is 6.13. The van der Waals surface area contributed by atoms with Gasteiger partial charge in [0, 0.05) is 17.9 Å². The smallest absolute Gasteiger partial charge is 0.550 e. The molecule has 0 saturated heterocycles. The SMILES string of the molecule is C=CCCCCCCCCC(=O)[O-].C=CCCCCCCCCC(=O)[O-].C=CCCCCCCCCC(=O)[O-].[Co+3].